The van der Waals surface area contributed by atoms with Crippen molar-refractivity contribution in [3.8, 4) is 0 Å². The second kappa shape index (κ2) is 7.78. The Morgan fingerprint density at radius 2 is 2.15 bits per heavy atom. The maximum Gasteiger partial charge on any atom is 0.276 e. The molecule has 1 N–H and O–H groups in total. The molecule has 0 aliphatic heterocycles. The summed E-state index contributed by atoms with van der Waals surface area (Å²) in [6.45, 7) is 5.58. The summed E-state index contributed by atoms with van der Waals surface area (Å²) in [4.78, 5) is 0. The third kappa shape index (κ3) is 4.31. The van der Waals surface area contributed by atoms with Crippen LogP contribution in [0.5, 0.6) is 0 Å². The summed E-state index contributed by atoms with van der Waals surface area (Å²) in [7, 11) is -0.350. The van der Waals surface area contributed by atoms with Crippen LogP contribution in [0.4, 0.5) is 0 Å². The largest absolute Gasteiger partial charge is 0.447 e. The average molecular weight is 304 g/mol. The first kappa shape index (κ1) is 17.2. The first-order chi connectivity index (χ1) is 9.43. The minimum absolute atomic E-state index is 0.0103. The van der Waals surface area contributed by atoms with Gasteiger partial charge in [0.05, 0.1) is 13.2 Å². The summed E-state index contributed by atoms with van der Waals surface area (Å²) in [6.07, 6.45) is 0.752. The number of nitrogens with one attached hydrogen (secondary N) is 1. The van der Waals surface area contributed by atoms with Gasteiger partial charge in [-0.05, 0) is 25.5 Å². The van der Waals surface area contributed by atoms with Gasteiger partial charge < -0.3 is 14.5 Å². The first-order valence-electron chi connectivity index (χ1n) is 6.69. The zero-order valence-corrected chi connectivity index (χ0v) is 13.4. The van der Waals surface area contributed by atoms with E-state index in [0.717, 1.165) is 6.42 Å². The molecule has 6 nitrogen and oxygen atoms in total. The highest BCUT2D eigenvalue weighted by molar-refractivity contribution is 7.89. The van der Waals surface area contributed by atoms with Gasteiger partial charge in [0.25, 0.3) is 10.0 Å². The molecule has 0 spiro atoms. The summed E-state index contributed by atoms with van der Waals surface area (Å²) in [5.41, 5.74) is 0. The van der Waals surface area contributed by atoms with Crippen molar-refractivity contribution >= 4 is 10.0 Å². The van der Waals surface area contributed by atoms with E-state index in [1.807, 2.05) is 13.8 Å². The Morgan fingerprint density at radius 1 is 1.45 bits per heavy atom. The highest BCUT2D eigenvalue weighted by Crippen LogP contribution is 2.20. The molecule has 1 heterocycles. The Morgan fingerprint density at radius 3 is 2.75 bits per heavy atom. The maximum absolute atomic E-state index is 12.3. The van der Waals surface area contributed by atoms with E-state index < -0.39 is 10.0 Å². The fraction of sp³-hybridized carbons (Fsp3) is 0.692. The van der Waals surface area contributed by atoms with Crippen LogP contribution in [-0.2, 0) is 21.3 Å². The number of nitrogens with zero attached hydrogens (tertiary/aromatic N) is 1. The standard InChI is InChI=1S/C13H24N2O4S/c1-5-11(2)15(3)20(16,17)13-7-6-12(19-13)10-14-8-9-18-4/h6-7,11,14H,5,8-10H2,1-4H3. The maximum atomic E-state index is 12.3. The topological polar surface area (TPSA) is 71.8 Å². The molecule has 1 atom stereocenters. The lowest BCUT2D eigenvalue weighted by Gasteiger charge is -2.21. The van der Waals surface area contributed by atoms with E-state index in [9.17, 15) is 8.42 Å². The predicted molar refractivity (Wildman–Crippen MR) is 77.0 cm³/mol. The van der Waals surface area contributed by atoms with Gasteiger partial charge in [-0.3, -0.25) is 0 Å². The van der Waals surface area contributed by atoms with Gasteiger partial charge in [-0.15, -0.1) is 0 Å². The number of hydrogen-bond acceptors (Lipinski definition) is 5. The average Bonchev–Trinajstić information content (AvgIpc) is 2.91. The van der Waals surface area contributed by atoms with Gasteiger partial charge in [0, 0.05) is 26.7 Å². The van der Waals surface area contributed by atoms with E-state index >= 15 is 0 Å². The molecule has 0 saturated carbocycles. The first-order valence-corrected chi connectivity index (χ1v) is 8.13. The van der Waals surface area contributed by atoms with Gasteiger partial charge in [-0.1, -0.05) is 6.92 Å². The Balaban J connectivity index is 2.70. The van der Waals surface area contributed by atoms with Crippen LogP contribution >= 0.6 is 0 Å². The van der Waals surface area contributed by atoms with Crippen molar-refractivity contribution in [2.45, 2.75) is 37.9 Å². The quantitative estimate of drug-likeness (QED) is 0.699. The van der Waals surface area contributed by atoms with Crippen molar-refractivity contribution < 1.29 is 17.6 Å². The molecule has 0 aliphatic carbocycles. The van der Waals surface area contributed by atoms with Crippen LogP contribution in [0.25, 0.3) is 0 Å². The van der Waals surface area contributed by atoms with E-state index in [0.29, 0.717) is 25.5 Å². The highest BCUT2D eigenvalue weighted by Gasteiger charge is 2.27. The second-order valence-electron chi connectivity index (χ2n) is 4.67. The lowest BCUT2D eigenvalue weighted by Crippen LogP contribution is -2.34. The van der Waals surface area contributed by atoms with Gasteiger partial charge >= 0.3 is 0 Å². The summed E-state index contributed by atoms with van der Waals surface area (Å²) in [5, 5.41) is 3.09. The normalized spacial score (nSPS) is 13.8. The number of rotatable bonds is 9. The fourth-order valence-electron chi connectivity index (χ4n) is 1.61. The Kier molecular flexibility index (Phi) is 6.67. The molecule has 0 radical (unpaired) electrons. The van der Waals surface area contributed by atoms with E-state index in [1.165, 1.54) is 10.4 Å². The van der Waals surface area contributed by atoms with Gasteiger partial charge in [0.1, 0.15) is 5.76 Å². The Bertz CT molecular complexity index is 498. The third-order valence-corrected chi connectivity index (χ3v) is 5.11. The van der Waals surface area contributed by atoms with Crippen LogP contribution in [-0.4, -0.2) is 46.1 Å². The van der Waals surface area contributed by atoms with Crippen LogP contribution in [0, 0.1) is 0 Å². The number of sulfonamides is 1. The summed E-state index contributed by atoms with van der Waals surface area (Å²) in [5.74, 6) is 0.595. The summed E-state index contributed by atoms with van der Waals surface area (Å²) >= 11 is 0. The van der Waals surface area contributed by atoms with Crippen LogP contribution in [0.2, 0.25) is 0 Å². The molecule has 1 unspecified atom stereocenters. The second-order valence-corrected chi connectivity index (χ2v) is 6.60. The van der Waals surface area contributed by atoms with Crippen molar-refractivity contribution in [3.63, 3.8) is 0 Å². The van der Waals surface area contributed by atoms with Crippen molar-refractivity contribution in [1.82, 2.24) is 9.62 Å². The van der Waals surface area contributed by atoms with Crippen molar-refractivity contribution in [2.24, 2.45) is 0 Å². The number of ether oxygens (including phenoxy) is 1. The predicted octanol–water partition coefficient (Wildman–Crippen LogP) is 1.43. The molecule has 1 aromatic heterocycles. The molecular weight excluding hydrogens is 280 g/mol. The molecular formula is C13H24N2O4S. The summed E-state index contributed by atoms with van der Waals surface area (Å²) in [6, 6.07) is 3.12. The Hall–Kier alpha value is -0.890. The van der Waals surface area contributed by atoms with Gasteiger partial charge in [-0.2, -0.15) is 4.31 Å². The zero-order valence-electron chi connectivity index (χ0n) is 12.5. The number of furan rings is 1. The van der Waals surface area contributed by atoms with Gasteiger partial charge in [0.2, 0.25) is 5.09 Å². The Labute approximate surface area is 121 Å². The molecule has 116 valence electrons. The van der Waals surface area contributed by atoms with Crippen molar-refractivity contribution in [2.75, 3.05) is 27.3 Å². The highest BCUT2D eigenvalue weighted by atomic mass is 32.2. The molecule has 1 aromatic rings. The molecule has 0 saturated heterocycles. The monoisotopic (exact) mass is 304 g/mol. The SMILES string of the molecule is CCC(C)N(C)S(=O)(=O)c1ccc(CNCCOC)o1. The molecule has 0 amide bonds. The number of hydrogen-bond donors (Lipinski definition) is 1. The minimum Gasteiger partial charge on any atom is -0.447 e. The molecule has 0 bridgehead atoms. The van der Waals surface area contributed by atoms with E-state index in [4.69, 9.17) is 9.15 Å². The summed E-state index contributed by atoms with van der Waals surface area (Å²) < 4.78 is 36.3. The van der Waals surface area contributed by atoms with Crippen molar-refractivity contribution in [1.29, 1.82) is 0 Å². The molecule has 7 heteroatoms. The van der Waals surface area contributed by atoms with E-state index in [-0.39, 0.29) is 11.1 Å². The minimum atomic E-state index is -3.55. The van der Waals surface area contributed by atoms with Crippen LogP contribution in [0.1, 0.15) is 26.0 Å². The van der Waals surface area contributed by atoms with Crippen LogP contribution < -0.4 is 5.32 Å². The molecule has 20 heavy (non-hydrogen) atoms. The number of methoxy groups -OCH3 is 1. The van der Waals surface area contributed by atoms with Crippen LogP contribution in [0.15, 0.2) is 21.6 Å². The van der Waals surface area contributed by atoms with Crippen LogP contribution in [0.3, 0.4) is 0 Å². The zero-order chi connectivity index (χ0) is 15.2. The van der Waals surface area contributed by atoms with Gasteiger partial charge in [0.15, 0.2) is 0 Å². The van der Waals surface area contributed by atoms with E-state index in [2.05, 4.69) is 5.32 Å². The molecule has 1 rings (SSSR count). The fourth-order valence-corrected chi connectivity index (χ4v) is 2.97. The molecule has 0 fully saturated rings. The van der Waals surface area contributed by atoms with Crippen molar-refractivity contribution in [3.05, 3.63) is 17.9 Å². The lowest BCUT2D eigenvalue weighted by molar-refractivity contribution is 0.198. The van der Waals surface area contributed by atoms with E-state index in [1.54, 1.807) is 20.2 Å². The molecule has 0 aliphatic rings. The lowest BCUT2D eigenvalue weighted by atomic mass is 10.3. The molecule has 0 aromatic carbocycles. The smallest absolute Gasteiger partial charge is 0.276 e. The third-order valence-electron chi connectivity index (χ3n) is 3.26. The van der Waals surface area contributed by atoms with Gasteiger partial charge in [-0.25, -0.2) is 8.42 Å².